The lowest BCUT2D eigenvalue weighted by Gasteiger charge is -2.26. The van der Waals surface area contributed by atoms with Crippen molar-refractivity contribution < 1.29 is 18.7 Å². The lowest BCUT2D eigenvalue weighted by Crippen LogP contribution is -2.34. The molecule has 1 unspecified atom stereocenters. The number of hydrogen-bond acceptors (Lipinski definition) is 5. The van der Waals surface area contributed by atoms with Crippen LogP contribution >= 0.6 is 15.9 Å². The number of hydrogen-bond donors (Lipinski definition) is 1. The molecule has 7 heteroatoms. The van der Waals surface area contributed by atoms with Crippen LogP contribution in [0.15, 0.2) is 69.6 Å². The van der Waals surface area contributed by atoms with Crippen molar-refractivity contribution >= 4 is 21.8 Å². The first kappa shape index (κ1) is 21.9. The van der Waals surface area contributed by atoms with Crippen molar-refractivity contribution in [3.63, 3.8) is 0 Å². The lowest BCUT2D eigenvalue weighted by atomic mass is 10.0. The monoisotopic (exact) mass is 472 g/mol. The summed E-state index contributed by atoms with van der Waals surface area (Å²) in [4.78, 5) is 14.6. The first-order valence-electron chi connectivity index (χ1n) is 9.52. The number of carbonyl (C=O) groups is 1. The molecule has 6 nitrogen and oxygen atoms in total. The molecule has 0 aliphatic heterocycles. The highest BCUT2D eigenvalue weighted by molar-refractivity contribution is 9.10. The third-order valence-corrected chi connectivity index (χ3v) is 5.19. The maximum atomic E-state index is 12.6. The SMILES string of the molecule is COc1ccccc1C(CNC(=O)c1ccc(COc2ccc(Br)cc2)o1)N(C)C. The highest BCUT2D eigenvalue weighted by atomic mass is 79.9. The van der Waals surface area contributed by atoms with Gasteiger partial charge in [0, 0.05) is 16.6 Å². The molecule has 0 fully saturated rings. The summed E-state index contributed by atoms with van der Waals surface area (Å²) in [7, 11) is 5.58. The first-order chi connectivity index (χ1) is 14.5. The van der Waals surface area contributed by atoms with Gasteiger partial charge in [-0.3, -0.25) is 4.79 Å². The average molecular weight is 473 g/mol. The molecule has 3 rings (SSSR count). The summed E-state index contributed by atoms with van der Waals surface area (Å²) < 4.78 is 17.8. The van der Waals surface area contributed by atoms with E-state index in [0.29, 0.717) is 12.3 Å². The number of ether oxygens (including phenoxy) is 2. The van der Waals surface area contributed by atoms with Crippen LogP contribution in [0, 0.1) is 0 Å². The van der Waals surface area contributed by atoms with E-state index < -0.39 is 0 Å². The Bertz CT molecular complexity index is 969. The Labute approximate surface area is 184 Å². The van der Waals surface area contributed by atoms with E-state index in [1.807, 2.05) is 67.5 Å². The number of furan rings is 1. The minimum absolute atomic E-state index is 0.0414. The molecule has 0 saturated carbocycles. The van der Waals surface area contributed by atoms with Crippen molar-refractivity contribution in [3.8, 4) is 11.5 Å². The Morgan fingerprint density at radius 2 is 1.83 bits per heavy atom. The molecule has 30 heavy (non-hydrogen) atoms. The minimum Gasteiger partial charge on any atom is -0.496 e. The van der Waals surface area contributed by atoms with Crippen LogP contribution in [0.4, 0.5) is 0 Å². The molecular formula is C23H25BrN2O4. The number of nitrogens with zero attached hydrogens (tertiary/aromatic N) is 1. The molecule has 1 aromatic heterocycles. The van der Waals surface area contributed by atoms with Gasteiger partial charge in [-0.25, -0.2) is 0 Å². The highest BCUT2D eigenvalue weighted by Crippen LogP contribution is 2.27. The van der Waals surface area contributed by atoms with Crippen LogP contribution in [0.3, 0.4) is 0 Å². The van der Waals surface area contributed by atoms with Gasteiger partial charge in [0.1, 0.15) is 23.9 Å². The van der Waals surface area contributed by atoms with E-state index in [1.54, 1.807) is 19.2 Å². The quantitative estimate of drug-likeness (QED) is 0.490. The lowest BCUT2D eigenvalue weighted by molar-refractivity contribution is 0.0909. The normalized spacial score (nSPS) is 11.9. The summed E-state index contributed by atoms with van der Waals surface area (Å²) in [6.07, 6.45) is 0. The molecule has 0 saturated heterocycles. The largest absolute Gasteiger partial charge is 0.496 e. The van der Waals surface area contributed by atoms with E-state index >= 15 is 0 Å². The average Bonchev–Trinajstić information content (AvgIpc) is 3.22. The van der Waals surface area contributed by atoms with Crippen molar-refractivity contribution in [1.29, 1.82) is 0 Å². The van der Waals surface area contributed by atoms with Crippen molar-refractivity contribution in [1.82, 2.24) is 10.2 Å². The number of para-hydroxylation sites is 1. The summed E-state index contributed by atoms with van der Waals surface area (Å²) in [5.41, 5.74) is 1.01. The third kappa shape index (κ3) is 5.64. The van der Waals surface area contributed by atoms with Crippen LogP contribution in [0.5, 0.6) is 11.5 Å². The summed E-state index contributed by atoms with van der Waals surface area (Å²) in [5.74, 6) is 2.08. The number of halogens is 1. The smallest absolute Gasteiger partial charge is 0.287 e. The molecule has 158 valence electrons. The van der Waals surface area contributed by atoms with E-state index in [0.717, 1.165) is 21.5 Å². The van der Waals surface area contributed by atoms with Gasteiger partial charge < -0.3 is 24.1 Å². The van der Waals surface area contributed by atoms with Crippen LogP contribution in [-0.4, -0.2) is 38.6 Å². The molecule has 0 radical (unpaired) electrons. The van der Waals surface area contributed by atoms with Gasteiger partial charge in [0.15, 0.2) is 5.76 Å². The molecule has 2 aromatic carbocycles. The van der Waals surface area contributed by atoms with Gasteiger partial charge >= 0.3 is 0 Å². The van der Waals surface area contributed by atoms with Crippen LogP contribution in [-0.2, 0) is 6.61 Å². The number of nitrogens with one attached hydrogen (secondary N) is 1. The molecular weight excluding hydrogens is 448 g/mol. The van der Waals surface area contributed by atoms with E-state index in [-0.39, 0.29) is 24.3 Å². The van der Waals surface area contributed by atoms with Gasteiger partial charge in [-0.2, -0.15) is 0 Å². The van der Waals surface area contributed by atoms with Gasteiger partial charge in [0.2, 0.25) is 0 Å². The van der Waals surface area contributed by atoms with Crippen molar-refractivity contribution in [3.05, 3.63) is 82.2 Å². The summed E-state index contributed by atoms with van der Waals surface area (Å²) in [6.45, 7) is 0.661. The number of methoxy groups -OCH3 is 1. The van der Waals surface area contributed by atoms with Gasteiger partial charge in [-0.05, 0) is 56.6 Å². The molecule has 0 aliphatic carbocycles. The second kappa shape index (κ2) is 10.3. The first-order valence-corrected chi connectivity index (χ1v) is 10.3. The Balaban J connectivity index is 1.59. The number of rotatable bonds is 9. The zero-order chi connectivity index (χ0) is 21.5. The number of carbonyl (C=O) groups excluding carboxylic acids is 1. The highest BCUT2D eigenvalue weighted by Gasteiger charge is 2.20. The Hall–Kier alpha value is -2.77. The van der Waals surface area contributed by atoms with Crippen LogP contribution in [0.2, 0.25) is 0 Å². The second-order valence-corrected chi connectivity index (χ2v) is 7.86. The Morgan fingerprint density at radius 1 is 1.10 bits per heavy atom. The van der Waals surface area contributed by atoms with Crippen LogP contribution < -0.4 is 14.8 Å². The molecule has 0 aliphatic rings. The fraction of sp³-hybridized carbons (Fsp3) is 0.261. The zero-order valence-corrected chi connectivity index (χ0v) is 18.8. The molecule has 1 amide bonds. The van der Waals surface area contributed by atoms with E-state index in [9.17, 15) is 4.79 Å². The fourth-order valence-corrected chi connectivity index (χ4v) is 3.32. The van der Waals surface area contributed by atoms with Gasteiger partial charge in [0.05, 0.1) is 13.2 Å². The predicted octanol–water partition coefficient (Wildman–Crippen LogP) is 4.66. The second-order valence-electron chi connectivity index (χ2n) is 6.94. The van der Waals surface area contributed by atoms with E-state index in [4.69, 9.17) is 13.9 Å². The standard InChI is InChI=1S/C23H25BrN2O4/c1-26(2)20(19-6-4-5-7-21(19)28-3)14-25-23(27)22-13-12-18(30-22)15-29-17-10-8-16(24)9-11-17/h4-13,20H,14-15H2,1-3H3,(H,25,27). The molecule has 1 N–H and O–H groups in total. The van der Waals surface area contributed by atoms with Crippen LogP contribution in [0.1, 0.15) is 27.9 Å². The van der Waals surface area contributed by atoms with Gasteiger partial charge in [-0.1, -0.05) is 34.1 Å². The fourth-order valence-electron chi connectivity index (χ4n) is 3.05. The summed E-state index contributed by atoms with van der Waals surface area (Å²) in [5, 5.41) is 2.95. The summed E-state index contributed by atoms with van der Waals surface area (Å²) in [6, 6.07) is 18.7. The van der Waals surface area contributed by atoms with Gasteiger partial charge in [0.25, 0.3) is 5.91 Å². The van der Waals surface area contributed by atoms with E-state index in [2.05, 4.69) is 21.2 Å². The topological polar surface area (TPSA) is 63.9 Å². The Morgan fingerprint density at radius 3 is 2.53 bits per heavy atom. The molecule has 3 aromatic rings. The predicted molar refractivity (Wildman–Crippen MR) is 119 cm³/mol. The van der Waals surface area contributed by atoms with Crippen molar-refractivity contribution in [2.45, 2.75) is 12.6 Å². The maximum Gasteiger partial charge on any atom is 0.287 e. The summed E-state index contributed by atoms with van der Waals surface area (Å²) >= 11 is 3.39. The van der Waals surface area contributed by atoms with Crippen molar-refractivity contribution in [2.75, 3.05) is 27.7 Å². The molecule has 1 atom stereocenters. The molecule has 0 bridgehead atoms. The Kier molecular flexibility index (Phi) is 7.54. The zero-order valence-electron chi connectivity index (χ0n) is 17.2. The minimum atomic E-state index is -0.272. The number of benzene rings is 2. The van der Waals surface area contributed by atoms with Crippen molar-refractivity contribution in [2.24, 2.45) is 0 Å². The van der Waals surface area contributed by atoms with E-state index in [1.165, 1.54) is 0 Å². The molecule has 1 heterocycles. The maximum absolute atomic E-state index is 12.6. The third-order valence-electron chi connectivity index (χ3n) is 4.66. The number of likely N-dealkylation sites (N-methyl/N-ethyl adjacent to an activating group) is 1. The number of amides is 1. The van der Waals surface area contributed by atoms with Crippen LogP contribution in [0.25, 0.3) is 0 Å². The molecule has 0 spiro atoms. The van der Waals surface area contributed by atoms with Gasteiger partial charge in [-0.15, -0.1) is 0 Å².